The molecule has 0 saturated heterocycles. The topological polar surface area (TPSA) is 9.23 Å². The largest absolute Gasteiger partial charge is 0.435 e. The van der Waals surface area contributed by atoms with Gasteiger partial charge < -0.3 is 4.74 Å². The first-order valence-corrected chi connectivity index (χ1v) is 6.94. The van der Waals surface area contributed by atoms with Crippen LogP contribution in [0.1, 0.15) is 37.2 Å². The third-order valence-corrected chi connectivity index (χ3v) is 3.84. The van der Waals surface area contributed by atoms with Crippen molar-refractivity contribution in [1.29, 1.82) is 0 Å². The summed E-state index contributed by atoms with van der Waals surface area (Å²) in [6.07, 6.45) is 6.53. The Hall–Kier alpha value is -1.09. The second-order valence-electron chi connectivity index (χ2n) is 4.88. The zero-order valence-electron chi connectivity index (χ0n) is 10.6. The summed E-state index contributed by atoms with van der Waals surface area (Å²) in [6.45, 7) is -2.76. The zero-order chi connectivity index (χ0) is 13.7. The van der Waals surface area contributed by atoms with Crippen LogP contribution >= 0.6 is 11.6 Å². The molecule has 1 fully saturated rings. The van der Waals surface area contributed by atoms with Gasteiger partial charge in [-0.1, -0.05) is 29.8 Å². The van der Waals surface area contributed by atoms with Gasteiger partial charge in [-0.3, -0.25) is 0 Å². The molecule has 0 aromatic heterocycles. The van der Waals surface area contributed by atoms with E-state index in [1.807, 2.05) is 12.1 Å². The average Bonchev–Trinajstić information content (AvgIpc) is 2.40. The Labute approximate surface area is 117 Å². The summed E-state index contributed by atoms with van der Waals surface area (Å²) < 4.78 is 28.5. The molecule has 1 saturated carbocycles. The van der Waals surface area contributed by atoms with Crippen molar-refractivity contribution in [3.63, 3.8) is 0 Å². The van der Waals surface area contributed by atoms with Crippen molar-refractivity contribution >= 4 is 11.6 Å². The molecule has 0 heterocycles. The van der Waals surface area contributed by atoms with Crippen LogP contribution in [-0.4, -0.2) is 6.61 Å². The van der Waals surface area contributed by atoms with Crippen LogP contribution < -0.4 is 4.74 Å². The highest BCUT2D eigenvalue weighted by molar-refractivity contribution is 6.25. The molecule has 0 unspecified atom stereocenters. The molecular weight excluding hydrogens is 270 g/mol. The Balaban J connectivity index is 1.92. The number of benzene rings is 1. The van der Waals surface area contributed by atoms with Gasteiger partial charge in [0.2, 0.25) is 0 Å². The molecule has 0 atom stereocenters. The minimum atomic E-state index is -2.76. The maximum atomic E-state index is 12.1. The molecule has 104 valence electrons. The van der Waals surface area contributed by atoms with Gasteiger partial charge >= 0.3 is 6.61 Å². The third kappa shape index (κ3) is 4.20. The molecule has 19 heavy (non-hydrogen) atoms. The number of hydrogen-bond acceptors (Lipinski definition) is 1. The molecule has 1 aliphatic carbocycles. The highest BCUT2D eigenvalue weighted by Crippen LogP contribution is 2.36. The first-order valence-electron chi connectivity index (χ1n) is 6.50. The third-order valence-electron chi connectivity index (χ3n) is 3.69. The Bertz CT molecular complexity index is 409. The lowest BCUT2D eigenvalue weighted by atomic mass is 9.79. The van der Waals surface area contributed by atoms with Crippen LogP contribution in [0, 0.1) is 5.92 Å². The number of ether oxygens (including phenoxy) is 1. The highest BCUT2D eigenvalue weighted by atomic mass is 35.5. The lowest BCUT2D eigenvalue weighted by Crippen LogP contribution is -2.11. The summed E-state index contributed by atoms with van der Waals surface area (Å²) in [5.74, 6) is 1.31. The lowest BCUT2D eigenvalue weighted by Gasteiger charge is -2.27. The molecule has 0 bridgehead atoms. The van der Waals surface area contributed by atoms with E-state index in [1.54, 1.807) is 17.7 Å². The summed E-state index contributed by atoms with van der Waals surface area (Å²) in [6, 6.07) is 7.01. The van der Waals surface area contributed by atoms with Gasteiger partial charge in [0.05, 0.1) is 0 Å². The predicted octanol–water partition coefficient (Wildman–Crippen LogP) is 5.31. The maximum absolute atomic E-state index is 12.1. The van der Waals surface area contributed by atoms with E-state index in [0.717, 1.165) is 25.7 Å². The molecule has 1 aromatic rings. The molecule has 1 aromatic carbocycles. The van der Waals surface area contributed by atoms with Crippen molar-refractivity contribution in [1.82, 2.24) is 0 Å². The molecular formula is C15H17ClF2O. The second kappa shape index (κ2) is 6.90. The van der Waals surface area contributed by atoms with Gasteiger partial charge in [-0.25, -0.2) is 0 Å². The van der Waals surface area contributed by atoms with E-state index in [1.165, 1.54) is 5.56 Å². The molecule has 0 N–H and O–H groups in total. The van der Waals surface area contributed by atoms with Gasteiger partial charge in [-0.2, -0.15) is 8.78 Å². The van der Waals surface area contributed by atoms with Crippen molar-refractivity contribution in [2.45, 2.75) is 38.2 Å². The van der Waals surface area contributed by atoms with E-state index >= 15 is 0 Å². The number of rotatable bonds is 4. The number of halogens is 3. The second-order valence-corrected chi connectivity index (χ2v) is 5.13. The molecule has 0 radical (unpaired) electrons. The fourth-order valence-corrected chi connectivity index (χ4v) is 2.88. The molecule has 4 heteroatoms. The van der Waals surface area contributed by atoms with Crippen molar-refractivity contribution in [2.75, 3.05) is 0 Å². The van der Waals surface area contributed by atoms with Crippen LogP contribution in [0.5, 0.6) is 5.75 Å². The molecule has 1 aliphatic rings. The van der Waals surface area contributed by atoms with Crippen molar-refractivity contribution < 1.29 is 13.5 Å². The van der Waals surface area contributed by atoms with Gasteiger partial charge in [-0.15, -0.1) is 0 Å². The Kier molecular flexibility index (Phi) is 5.20. The average molecular weight is 287 g/mol. The fourth-order valence-electron chi connectivity index (χ4n) is 2.67. The van der Waals surface area contributed by atoms with Gasteiger partial charge in [0.25, 0.3) is 0 Å². The van der Waals surface area contributed by atoms with Crippen LogP contribution in [0.25, 0.3) is 0 Å². The quantitative estimate of drug-likeness (QED) is 0.728. The minimum Gasteiger partial charge on any atom is -0.435 e. The Morgan fingerprint density at radius 2 is 1.74 bits per heavy atom. The smallest absolute Gasteiger partial charge is 0.387 e. The standard InChI is InChI=1S/C15H17ClF2O/c16-10-9-11-1-3-12(4-2-11)13-5-7-14(8-6-13)19-15(17)18/h5-12,15H,1-4H2. The maximum Gasteiger partial charge on any atom is 0.387 e. The lowest BCUT2D eigenvalue weighted by molar-refractivity contribution is -0.0498. The van der Waals surface area contributed by atoms with Gasteiger partial charge in [0.15, 0.2) is 0 Å². The van der Waals surface area contributed by atoms with Gasteiger partial charge in [0, 0.05) is 5.54 Å². The van der Waals surface area contributed by atoms with E-state index < -0.39 is 6.61 Å². The van der Waals surface area contributed by atoms with Crippen molar-refractivity contribution in [3.8, 4) is 5.75 Å². The Morgan fingerprint density at radius 1 is 1.11 bits per heavy atom. The summed E-state index contributed by atoms with van der Waals surface area (Å²) in [4.78, 5) is 0. The normalized spacial score (nSPS) is 24.0. The molecule has 0 spiro atoms. The van der Waals surface area contributed by atoms with Crippen LogP contribution in [-0.2, 0) is 0 Å². The first kappa shape index (κ1) is 14.3. The molecule has 1 nitrogen and oxygen atoms in total. The van der Waals surface area contributed by atoms with Gasteiger partial charge in [0.1, 0.15) is 5.75 Å². The van der Waals surface area contributed by atoms with Crippen molar-refractivity contribution in [3.05, 3.63) is 41.4 Å². The van der Waals surface area contributed by atoms with Gasteiger partial charge in [-0.05, 0) is 55.2 Å². The van der Waals surface area contributed by atoms with Crippen LogP contribution in [0.3, 0.4) is 0 Å². The Morgan fingerprint density at radius 3 is 2.26 bits per heavy atom. The SMILES string of the molecule is FC(F)Oc1ccc(C2CCC(C=CCl)CC2)cc1. The molecule has 0 aliphatic heterocycles. The summed E-state index contributed by atoms with van der Waals surface area (Å²) in [5.41, 5.74) is 2.80. The minimum absolute atomic E-state index is 0.220. The summed E-state index contributed by atoms with van der Waals surface area (Å²) in [7, 11) is 0. The molecule has 0 amide bonds. The van der Waals surface area contributed by atoms with E-state index in [9.17, 15) is 8.78 Å². The first-order chi connectivity index (χ1) is 9.19. The number of hydrogen-bond donors (Lipinski definition) is 0. The van der Waals surface area contributed by atoms with Crippen LogP contribution in [0.4, 0.5) is 8.78 Å². The fraction of sp³-hybridized carbons (Fsp3) is 0.467. The number of alkyl halides is 2. The van der Waals surface area contributed by atoms with E-state index in [-0.39, 0.29) is 5.75 Å². The van der Waals surface area contributed by atoms with Crippen LogP contribution in [0.15, 0.2) is 35.9 Å². The zero-order valence-corrected chi connectivity index (χ0v) is 11.3. The predicted molar refractivity (Wildman–Crippen MR) is 72.8 cm³/mol. The van der Waals surface area contributed by atoms with E-state index in [2.05, 4.69) is 10.8 Å². The van der Waals surface area contributed by atoms with E-state index in [4.69, 9.17) is 11.6 Å². The summed E-state index contributed by atoms with van der Waals surface area (Å²) in [5, 5.41) is 0. The van der Waals surface area contributed by atoms with Crippen molar-refractivity contribution in [2.24, 2.45) is 5.92 Å². The monoisotopic (exact) mass is 286 g/mol. The summed E-state index contributed by atoms with van der Waals surface area (Å²) >= 11 is 5.59. The molecule has 2 rings (SSSR count). The van der Waals surface area contributed by atoms with Crippen LogP contribution in [0.2, 0.25) is 0 Å². The van der Waals surface area contributed by atoms with E-state index in [0.29, 0.717) is 11.8 Å². The number of allylic oxidation sites excluding steroid dienone is 1. The highest BCUT2D eigenvalue weighted by Gasteiger charge is 2.20.